The highest BCUT2D eigenvalue weighted by Crippen LogP contribution is 2.25. The van der Waals surface area contributed by atoms with Crippen molar-refractivity contribution in [1.29, 1.82) is 0 Å². The van der Waals surface area contributed by atoms with E-state index in [4.69, 9.17) is 11.6 Å². The first kappa shape index (κ1) is 16.9. The number of aliphatic imine (C=N–C) groups is 1. The molecule has 1 aliphatic heterocycles. The second-order valence-electron chi connectivity index (χ2n) is 5.43. The second kappa shape index (κ2) is 6.86. The van der Waals surface area contributed by atoms with Gasteiger partial charge >= 0.3 is 0 Å². The first-order valence-electron chi connectivity index (χ1n) is 7.46. The number of halogens is 1. The fourth-order valence-corrected chi connectivity index (χ4v) is 2.61. The van der Waals surface area contributed by atoms with Gasteiger partial charge in [0.05, 0.1) is 23.1 Å². The number of anilines is 1. The number of nitrogens with zero attached hydrogens (tertiary/aromatic N) is 3. The molecule has 2 aromatic rings. The van der Waals surface area contributed by atoms with Gasteiger partial charge in [-0.15, -0.1) is 0 Å². The first-order valence-corrected chi connectivity index (χ1v) is 7.84. The molecule has 0 aliphatic carbocycles. The smallest absolute Gasteiger partial charge is 0.261 e. The summed E-state index contributed by atoms with van der Waals surface area (Å²) >= 11 is 5.80. The highest BCUT2D eigenvalue weighted by molar-refractivity contribution is 6.33. The summed E-state index contributed by atoms with van der Waals surface area (Å²) in [5.74, 6) is -2.21. The Morgan fingerprint density at radius 3 is 2.68 bits per heavy atom. The van der Waals surface area contributed by atoms with Gasteiger partial charge < -0.3 is 9.90 Å². The van der Waals surface area contributed by atoms with Gasteiger partial charge in [-0.3, -0.25) is 9.79 Å². The standard InChI is InChI=1S/C18H14ClN3O3/c1-11-15(17(23)22(21-11)13-5-3-2-4-6-13)10-20-12-7-8-16(19)14(9-12)18(24)25/h2-10,15H,1H3,(H,24,25)/p-1/t15-/m1/s1. The quantitative estimate of drug-likeness (QED) is 0.790. The molecule has 0 radical (unpaired) electrons. The second-order valence-corrected chi connectivity index (χ2v) is 5.84. The van der Waals surface area contributed by atoms with Crippen molar-refractivity contribution >= 4 is 46.8 Å². The topological polar surface area (TPSA) is 85.2 Å². The Hall–Kier alpha value is -2.99. The summed E-state index contributed by atoms with van der Waals surface area (Å²) in [5, 5.41) is 16.7. The molecule has 0 aromatic heterocycles. The van der Waals surface area contributed by atoms with Crippen LogP contribution in [-0.4, -0.2) is 23.8 Å². The van der Waals surface area contributed by atoms with Gasteiger partial charge in [0.1, 0.15) is 5.92 Å². The third kappa shape index (κ3) is 3.44. The van der Waals surface area contributed by atoms with E-state index in [1.54, 1.807) is 25.1 Å². The minimum Gasteiger partial charge on any atom is -0.545 e. The molecule has 7 heteroatoms. The Labute approximate surface area is 149 Å². The van der Waals surface area contributed by atoms with Crippen LogP contribution in [0.3, 0.4) is 0 Å². The number of benzene rings is 2. The molecule has 25 heavy (non-hydrogen) atoms. The van der Waals surface area contributed by atoms with Gasteiger partial charge in [-0.05, 0) is 37.3 Å². The van der Waals surface area contributed by atoms with Crippen LogP contribution in [0.4, 0.5) is 11.4 Å². The Morgan fingerprint density at radius 2 is 2.00 bits per heavy atom. The van der Waals surface area contributed by atoms with Crippen LogP contribution in [0.2, 0.25) is 5.02 Å². The van der Waals surface area contributed by atoms with Gasteiger partial charge in [0.25, 0.3) is 5.91 Å². The third-order valence-corrected chi connectivity index (χ3v) is 4.06. The minimum absolute atomic E-state index is 0.0730. The molecule has 2 aromatic carbocycles. The van der Waals surface area contributed by atoms with Crippen LogP contribution in [0.15, 0.2) is 58.6 Å². The van der Waals surface area contributed by atoms with Crippen molar-refractivity contribution < 1.29 is 14.7 Å². The van der Waals surface area contributed by atoms with E-state index < -0.39 is 11.9 Å². The molecule has 3 rings (SSSR count). The zero-order valence-electron chi connectivity index (χ0n) is 13.2. The molecule has 0 saturated heterocycles. The maximum Gasteiger partial charge on any atom is 0.261 e. The number of carboxylic acid groups (broad SMARTS) is 1. The molecule has 0 saturated carbocycles. The molecule has 126 valence electrons. The minimum atomic E-state index is -1.38. The van der Waals surface area contributed by atoms with Crippen molar-refractivity contribution in [2.75, 3.05) is 5.01 Å². The molecule has 0 fully saturated rings. The van der Waals surface area contributed by atoms with Crippen molar-refractivity contribution in [3.8, 4) is 0 Å². The SMILES string of the molecule is CC1=NN(c2ccccc2)C(=O)[C@@H]1C=Nc1ccc(Cl)c(C(=O)[O-])c1. The number of para-hydroxylation sites is 1. The Morgan fingerprint density at radius 1 is 1.28 bits per heavy atom. The van der Waals surface area contributed by atoms with Crippen molar-refractivity contribution in [1.82, 2.24) is 0 Å². The summed E-state index contributed by atoms with van der Waals surface area (Å²) in [5.41, 5.74) is 1.49. The van der Waals surface area contributed by atoms with E-state index in [-0.39, 0.29) is 16.5 Å². The highest BCUT2D eigenvalue weighted by Gasteiger charge is 2.33. The lowest BCUT2D eigenvalue weighted by atomic mass is 10.1. The lowest BCUT2D eigenvalue weighted by Crippen LogP contribution is -2.27. The fourth-order valence-electron chi connectivity index (χ4n) is 2.42. The lowest BCUT2D eigenvalue weighted by Gasteiger charge is -2.12. The van der Waals surface area contributed by atoms with Gasteiger partial charge in [-0.2, -0.15) is 10.1 Å². The summed E-state index contributed by atoms with van der Waals surface area (Å²) in [6.07, 6.45) is 1.45. The van der Waals surface area contributed by atoms with Crippen molar-refractivity contribution in [2.45, 2.75) is 6.92 Å². The maximum atomic E-state index is 12.6. The summed E-state index contributed by atoms with van der Waals surface area (Å²) in [4.78, 5) is 27.8. The van der Waals surface area contributed by atoms with Crippen molar-refractivity contribution in [2.24, 2.45) is 16.0 Å². The summed E-state index contributed by atoms with van der Waals surface area (Å²) < 4.78 is 0. The molecule has 1 atom stereocenters. The number of hydrazone groups is 1. The number of carboxylic acids is 1. The van der Waals surface area contributed by atoms with Gasteiger partial charge in [0.2, 0.25) is 0 Å². The normalized spacial score (nSPS) is 17.2. The molecule has 0 unspecified atom stereocenters. The van der Waals surface area contributed by atoms with Crippen LogP contribution in [0.5, 0.6) is 0 Å². The molecule has 1 aliphatic rings. The molecule has 1 amide bonds. The average molecular weight is 355 g/mol. The number of hydrogen-bond acceptors (Lipinski definition) is 5. The Balaban J connectivity index is 1.83. The van der Waals surface area contributed by atoms with E-state index >= 15 is 0 Å². The molecule has 6 nitrogen and oxygen atoms in total. The average Bonchev–Trinajstić information content (AvgIpc) is 2.89. The lowest BCUT2D eigenvalue weighted by molar-refractivity contribution is -0.255. The monoisotopic (exact) mass is 354 g/mol. The van der Waals surface area contributed by atoms with Gasteiger partial charge in [0, 0.05) is 16.8 Å². The number of carbonyl (C=O) groups is 2. The molecular formula is C18H13ClN3O3-. The van der Waals surface area contributed by atoms with Crippen LogP contribution in [-0.2, 0) is 4.79 Å². The number of hydrogen-bond donors (Lipinski definition) is 0. The maximum absolute atomic E-state index is 12.6. The number of aromatic carboxylic acids is 1. The zero-order chi connectivity index (χ0) is 18.0. The summed E-state index contributed by atoms with van der Waals surface area (Å²) in [7, 11) is 0. The third-order valence-electron chi connectivity index (χ3n) is 3.73. The van der Waals surface area contributed by atoms with Crippen LogP contribution in [0, 0.1) is 5.92 Å². The fraction of sp³-hybridized carbons (Fsp3) is 0.111. The number of amides is 1. The van der Waals surface area contributed by atoms with Crippen LogP contribution in [0.1, 0.15) is 17.3 Å². The van der Waals surface area contributed by atoms with Crippen molar-refractivity contribution in [3.63, 3.8) is 0 Å². The number of rotatable bonds is 4. The van der Waals surface area contributed by atoms with Crippen molar-refractivity contribution in [3.05, 3.63) is 59.1 Å². The molecule has 0 spiro atoms. The Kier molecular flexibility index (Phi) is 4.63. The van der Waals surface area contributed by atoms with Crippen LogP contribution in [0.25, 0.3) is 0 Å². The molecular weight excluding hydrogens is 342 g/mol. The van der Waals surface area contributed by atoms with Crippen LogP contribution >= 0.6 is 11.6 Å². The largest absolute Gasteiger partial charge is 0.545 e. The summed E-state index contributed by atoms with van der Waals surface area (Å²) in [6.45, 7) is 1.74. The zero-order valence-corrected chi connectivity index (χ0v) is 14.0. The van der Waals surface area contributed by atoms with Gasteiger partial charge in [0.15, 0.2) is 0 Å². The first-order chi connectivity index (χ1) is 12.0. The van der Waals surface area contributed by atoms with E-state index in [1.165, 1.54) is 23.4 Å². The Bertz CT molecular complexity index is 894. The number of carbonyl (C=O) groups excluding carboxylic acids is 2. The molecule has 0 N–H and O–H groups in total. The molecule has 0 bridgehead atoms. The van der Waals surface area contributed by atoms with E-state index in [1.807, 2.05) is 18.2 Å². The predicted octanol–water partition coefficient (Wildman–Crippen LogP) is 2.44. The van der Waals surface area contributed by atoms with E-state index in [0.29, 0.717) is 17.1 Å². The van der Waals surface area contributed by atoms with E-state index in [2.05, 4.69) is 10.1 Å². The van der Waals surface area contributed by atoms with E-state index in [0.717, 1.165) is 0 Å². The highest BCUT2D eigenvalue weighted by atomic mass is 35.5. The van der Waals surface area contributed by atoms with Gasteiger partial charge in [-0.25, -0.2) is 0 Å². The predicted molar refractivity (Wildman–Crippen MR) is 94.5 cm³/mol. The van der Waals surface area contributed by atoms with Crippen LogP contribution < -0.4 is 10.1 Å². The summed E-state index contributed by atoms with van der Waals surface area (Å²) in [6, 6.07) is 13.4. The molecule has 1 heterocycles. The van der Waals surface area contributed by atoms with E-state index in [9.17, 15) is 14.7 Å². The van der Waals surface area contributed by atoms with Gasteiger partial charge in [-0.1, -0.05) is 29.8 Å².